The minimum Gasteiger partial charge on any atom is -0.465 e. The maximum absolute atomic E-state index is 11.3. The first-order chi connectivity index (χ1) is 16.1. The average Bonchev–Trinajstić information content (AvgIpc) is 3.43. The van der Waals surface area contributed by atoms with Crippen LogP contribution in [0.4, 0.5) is 10.6 Å². The molecule has 0 aliphatic carbocycles. The number of amides is 1. The Morgan fingerprint density at radius 2 is 2.06 bits per heavy atom. The van der Waals surface area contributed by atoms with Crippen LogP contribution >= 0.6 is 0 Å². The molecule has 0 spiro atoms. The molecule has 1 aromatic carbocycles. The molecule has 0 saturated heterocycles. The number of benzene rings is 1. The minimum atomic E-state index is -0.884. The van der Waals surface area contributed by atoms with Gasteiger partial charge in [0.25, 0.3) is 0 Å². The number of carboxylic acid groups (broad SMARTS) is 1. The van der Waals surface area contributed by atoms with Crippen molar-refractivity contribution in [1.82, 2.24) is 34.6 Å². The Morgan fingerprint density at radius 1 is 1.15 bits per heavy atom. The molecule has 0 fully saturated rings. The van der Waals surface area contributed by atoms with Gasteiger partial charge in [0.2, 0.25) is 0 Å². The van der Waals surface area contributed by atoms with E-state index < -0.39 is 6.09 Å². The molecule has 0 radical (unpaired) electrons. The predicted molar refractivity (Wildman–Crippen MR) is 123 cm³/mol. The van der Waals surface area contributed by atoms with Crippen molar-refractivity contribution >= 4 is 34.0 Å². The van der Waals surface area contributed by atoms with E-state index in [-0.39, 0.29) is 0 Å². The lowest BCUT2D eigenvalue weighted by molar-refractivity contribution is 0.140. The van der Waals surface area contributed by atoms with Crippen molar-refractivity contribution in [2.75, 3.05) is 12.3 Å². The second kappa shape index (κ2) is 7.30. The Morgan fingerprint density at radius 3 is 2.94 bits per heavy atom. The molecule has 1 amide bonds. The van der Waals surface area contributed by atoms with E-state index in [1.54, 1.807) is 6.20 Å². The molecule has 0 atom stereocenters. The summed E-state index contributed by atoms with van der Waals surface area (Å²) in [4.78, 5) is 28.9. The Bertz CT molecular complexity index is 1540. The summed E-state index contributed by atoms with van der Waals surface area (Å²) in [5.41, 5.74) is 12.5. The van der Waals surface area contributed by atoms with E-state index in [1.807, 2.05) is 35.1 Å². The lowest BCUT2D eigenvalue weighted by atomic mass is 9.97. The number of nitrogens with one attached hydrogen (secondary N) is 1. The molecule has 0 bridgehead atoms. The highest BCUT2D eigenvalue weighted by Gasteiger charge is 2.21. The number of pyridine rings is 1. The Labute approximate surface area is 187 Å². The number of aromatic nitrogens is 6. The summed E-state index contributed by atoms with van der Waals surface area (Å²) in [6.07, 6.45) is 4.87. The SMILES string of the molecule is Nc1ncnc2c1c(-c1cnc3[nH]ccc3c1)nn2Cc1ccc2c(c1)CCN(C(=O)O)C2. The van der Waals surface area contributed by atoms with Crippen molar-refractivity contribution in [3.05, 3.63) is 65.7 Å². The fourth-order valence-electron chi connectivity index (χ4n) is 4.45. The van der Waals surface area contributed by atoms with Gasteiger partial charge in [-0.2, -0.15) is 5.10 Å². The van der Waals surface area contributed by atoms with Crippen LogP contribution in [0.5, 0.6) is 0 Å². The summed E-state index contributed by atoms with van der Waals surface area (Å²) in [5.74, 6) is 0.370. The summed E-state index contributed by atoms with van der Waals surface area (Å²) in [6.45, 7) is 1.42. The maximum Gasteiger partial charge on any atom is 0.407 e. The maximum atomic E-state index is 11.3. The largest absolute Gasteiger partial charge is 0.465 e. The minimum absolute atomic E-state index is 0.370. The number of nitrogen functional groups attached to an aromatic ring is 1. The van der Waals surface area contributed by atoms with Gasteiger partial charge in [-0.1, -0.05) is 18.2 Å². The number of nitrogens with two attached hydrogens (primary N) is 1. The number of aromatic amines is 1. The first-order valence-electron chi connectivity index (χ1n) is 10.6. The van der Waals surface area contributed by atoms with Crippen molar-refractivity contribution in [2.45, 2.75) is 19.5 Å². The van der Waals surface area contributed by atoms with E-state index >= 15 is 0 Å². The number of nitrogens with zero attached hydrogens (tertiary/aromatic N) is 6. The zero-order chi connectivity index (χ0) is 22.5. The van der Waals surface area contributed by atoms with Crippen molar-refractivity contribution < 1.29 is 9.90 Å². The molecule has 6 rings (SSSR count). The van der Waals surface area contributed by atoms with Crippen molar-refractivity contribution in [1.29, 1.82) is 0 Å². The lowest BCUT2D eigenvalue weighted by Crippen LogP contribution is -2.34. The number of rotatable bonds is 3. The zero-order valence-electron chi connectivity index (χ0n) is 17.6. The Balaban J connectivity index is 1.40. The molecule has 5 heterocycles. The van der Waals surface area contributed by atoms with Gasteiger partial charge in [-0.05, 0) is 35.2 Å². The standard InChI is InChI=1S/C23H20N8O2/c24-20-18-19(17-8-15-3-5-25-21(15)26-9-17)29-31(22(18)28-12-27-20)10-13-1-2-16-11-30(23(32)33)6-4-14(16)7-13/h1-3,5,7-9,12H,4,6,10-11H2,(H,25,26)(H,32,33)(H2,24,27,28). The highest BCUT2D eigenvalue weighted by Crippen LogP contribution is 2.31. The lowest BCUT2D eigenvalue weighted by Gasteiger charge is -2.26. The molecular weight excluding hydrogens is 420 g/mol. The molecule has 0 saturated carbocycles. The molecule has 5 aromatic rings. The van der Waals surface area contributed by atoms with Crippen molar-refractivity contribution in [2.24, 2.45) is 0 Å². The van der Waals surface area contributed by atoms with E-state index in [0.29, 0.717) is 48.6 Å². The van der Waals surface area contributed by atoms with Gasteiger partial charge in [0.05, 0.1) is 11.9 Å². The van der Waals surface area contributed by atoms with Crippen LogP contribution in [0.2, 0.25) is 0 Å². The summed E-state index contributed by atoms with van der Waals surface area (Å²) < 4.78 is 1.83. The number of hydrogen-bond acceptors (Lipinski definition) is 6. The third-order valence-electron chi connectivity index (χ3n) is 6.12. The van der Waals surface area contributed by atoms with Gasteiger partial charge >= 0.3 is 6.09 Å². The highest BCUT2D eigenvalue weighted by molar-refractivity contribution is 5.99. The van der Waals surface area contributed by atoms with Crippen LogP contribution in [0, 0.1) is 0 Å². The molecule has 1 aliphatic rings. The second-order valence-corrected chi connectivity index (χ2v) is 8.16. The van der Waals surface area contributed by atoms with E-state index in [4.69, 9.17) is 10.8 Å². The third kappa shape index (κ3) is 3.23. The Hall–Kier alpha value is -4.47. The normalized spacial score (nSPS) is 13.5. The van der Waals surface area contributed by atoms with Crippen LogP contribution < -0.4 is 5.73 Å². The van der Waals surface area contributed by atoms with Crippen LogP contribution in [-0.4, -0.2) is 52.4 Å². The molecule has 4 aromatic heterocycles. The van der Waals surface area contributed by atoms with Gasteiger partial charge < -0.3 is 20.7 Å². The zero-order valence-corrected chi connectivity index (χ0v) is 17.6. The molecule has 4 N–H and O–H groups in total. The number of carbonyl (C=O) groups is 1. The van der Waals surface area contributed by atoms with E-state index in [0.717, 1.165) is 33.3 Å². The molecule has 1 aliphatic heterocycles. The summed E-state index contributed by atoms with van der Waals surface area (Å²) in [6, 6.07) is 10.1. The average molecular weight is 440 g/mol. The second-order valence-electron chi connectivity index (χ2n) is 8.16. The van der Waals surface area contributed by atoms with Gasteiger partial charge in [-0.15, -0.1) is 0 Å². The van der Waals surface area contributed by atoms with Crippen LogP contribution in [0.25, 0.3) is 33.3 Å². The number of H-pyrrole nitrogens is 1. The number of hydrogen-bond donors (Lipinski definition) is 3. The van der Waals surface area contributed by atoms with Crippen LogP contribution in [0.15, 0.2) is 49.1 Å². The van der Waals surface area contributed by atoms with Gasteiger partial charge in [0.1, 0.15) is 23.5 Å². The Kier molecular flexibility index (Phi) is 4.25. The fraction of sp³-hybridized carbons (Fsp3) is 0.174. The topological polar surface area (TPSA) is 139 Å². The van der Waals surface area contributed by atoms with Crippen molar-refractivity contribution in [3.8, 4) is 11.3 Å². The van der Waals surface area contributed by atoms with E-state index in [1.165, 1.54) is 11.2 Å². The van der Waals surface area contributed by atoms with Crippen molar-refractivity contribution in [3.63, 3.8) is 0 Å². The van der Waals surface area contributed by atoms with Crippen LogP contribution in [0.1, 0.15) is 16.7 Å². The van der Waals surface area contributed by atoms with Gasteiger partial charge in [0.15, 0.2) is 5.65 Å². The first-order valence-corrected chi connectivity index (χ1v) is 10.6. The smallest absolute Gasteiger partial charge is 0.407 e. The summed E-state index contributed by atoms with van der Waals surface area (Å²) >= 11 is 0. The number of fused-ring (bicyclic) bond motifs is 3. The molecule has 33 heavy (non-hydrogen) atoms. The summed E-state index contributed by atoms with van der Waals surface area (Å²) in [5, 5.41) is 15.8. The van der Waals surface area contributed by atoms with E-state index in [9.17, 15) is 9.90 Å². The van der Waals surface area contributed by atoms with Gasteiger partial charge in [0, 0.05) is 36.4 Å². The summed E-state index contributed by atoms with van der Waals surface area (Å²) in [7, 11) is 0. The third-order valence-corrected chi connectivity index (χ3v) is 6.12. The highest BCUT2D eigenvalue weighted by atomic mass is 16.4. The van der Waals surface area contributed by atoms with Gasteiger partial charge in [-0.25, -0.2) is 24.4 Å². The number of anilines is 1. The monoisotopic (exact) mass is 440 g/mol. The van der Waals surface area contributed by atoms with Gasteiger partial charge in [-0.3, -0.25) is 0 Å². The molecule has 164 valence electrons. The molecule has 10 heteroatoms. The van der Waals surface area contributed by atoms with Crippen LogP contribution in [-0.2, 0) is 19.5 Å². The van der Waals surface area contributed by atoms with Crippen LogP contribution in [0.3, 0.4) is 0 Å². The molecular formula is C23H20N8O2. The quantitative estimate of drug-likeness (QED) is 0.392. The van der Waals surface area contributed by atoms with E-state index in [2.05, 4.69) is 26.0 Å². The molecule has 0 unspecified atom stereocenters. The molecule has 10 nitrogen and oxygen atoms in total. The fourth-order valence-corrected chi connectivity index (χ4v) is 4.45. The first kappa shape index (κ1) is 19.2. The predicted octanol–water partition coefficient (Wildman–Crippen LogP) is 3.04.